The summed E-state index contributed by atoms with van der Waals surface area (Å²) < 4.78 is 32.4. The van der Waals surface area contributed by atoms with Crippen LogP contribution in [-0.4, -0.2) is 68.0 Å². The number of piperidine rings is 1. The van der Waals surface area contributed by atoms with Crippen LogP contribution in [0.1, 0.15) is 44.6 Å². The fourth-order valence-electron chi connectivity index (χ4n) is 3.50. The molecule has 29 heavy (non-hydrogen) atoms. The van der Waals surface area contributed by atoms with Gasteiger partial charge in [0.05, 0.1) is 13.7 Å². The van der Waals surface area contributed by atoms with Gasteiger partial charge in [-0.2, -0.15) is 5.48 Å². The average Bonchev–Trinajstić information content (AvgIpc) is 2.76. The van der Waals surface area contributed by atoms with Crippen LogP contribution >= 0.6 is 0 Å². The van der Waals surface area contributed by atoms with Crippen LogP contribution in [-0.2, 0) is 10.0 Å². The van der Waals surface area contributed by atoms with Gasteiger partial charge in [-0.3, -0.25) is 4.90 Å². The summed E-state index contributed by atoms with van der Waals surface area (Å²) in [4.78, 5) is 2.15. The molecule has 0 saturated carbocycles. The number of ether oxygens (including phenoxy) is 1. The molecule has 7 nitrogen and oxygen atoms in total. The van der Waals surface area contributed by atoms with Crippen molar-refractivity contribution in [2.75, 3.05) is 39.8 Å². The highest BCUT2D eigenvalue weighted by Crippen LogP contribution is 2.30. The molecule has 1 saturated heterocycles. The van der Waals surface area contributed by atoms with Crippen molar-refractivity contribution in [1.82, 2.24) is 14.7 Å². The molecule has 0 aliphatic carbocycles. The minimum atomic E-state index is -3.67. The van der Waals surface area contributed by atoms with Gasteiger partial charge in [-0.25, -0.2) is 12.7 Å². The summed E-state index contributed by atoms with van der Waals surface area (Å²) in [5, 5.41) is 8.32. The third-order valence-corrected chi connectivity index (χ3v) is 7.59. The normalized spacial score (nSPS) is 17.0. The number of sulfonamides is 1. The second-order valence-corrected chi connectivity index (χ2v) is 9.24. The fourth-order valence-corrected chi connectivity index (χ4v) is 5.00. The molecule has 1 aliphatic rings. The van der Waals surface area contributed by atoms with Crippen LogP contribution in [0.15, 0.2) is 24.3 Å². The van der Waals surface area contributed by atoms with Crippen molar-refractivity contribution in [2.45, 2.75) is 44.4 Å². The Bertz CT molecular complexity index is 774. The smallest absolute Gasteiger partial charge is 0.233 e. The minimum Gasteiger partial charge on any atom is -0.497 e. The van der Waals surface area contributed by atoms with E-state index in [1.807, 2.05) is 29.7 Å². The van der Waals surface area contributed by atoms with Crippen LogP contribution in [0.4, 0.5) is 0 Å². The monoisotopic (exact) mass is 423 g/mol. The maximum absolute atomic E-state index is 12.9. The lowest BCUT2D eigenvalue weighted by molar-refractivity contribution is 0.150. The number of methoxy groups -OCH3 is 1. The van der Waals surface area contributed by atoms with Gasteiger partial charge in [0.2, 0.25) is 10.0 Å². The summed E-state index contributed by atoms with van der Waals surface area (Å²) in [6.07, 6.45) is 1.55. The zero-order valence-electron chi connectivity index (χ0n) is 17.6. The Morgan fingerprint density at radius 2 is 1.83 bits per heavy atom. The molecule has 8 heteroatoms. The van der Waals surface area contributed by atoms with E-state index in [0.29, 0.717) is 25.6 Å². The van der Waals surface area contributed by atoms with Crippen molar-refractivity contribution in [1.29, 1.82) is 0 Å². The summed E-state index contributed by atoms with van der Waals surface area (Å²) in [6, 6.07) is 7.94. The summed E-state index contributed by atoms with van der Waals surface area (Å²) in [5.41, 5.74) is 3.15. The third kappa shape index (κ3) is 6.43. The number of hydrogen-bond acceptors (Lipinski definition) is 6. The highest BCUT2D eigenvalue weighted by atomic mass is 32.2. The lowest BCUT2D eigenvalue weighted by atomic mass is 9.90. The molecule has 1 aromatic carbocycles. The minimum absolute atomic E-state index is 0.0541. The number of nitrogens with zero attached hydrogens (tertiary/aromatic N) is 2. The first-order valence-electron chi connectivity index (χ1n) is 10.2. The average molecular weight is 424 g/mol. The Morgan fingerprint density at radius 1 is 1.21 bits per heavy atom. The maximum atomic E-state index is 12.9. The molecule has 0 radical (unpaired) electrons. The molecule has 2 rings (SSSR count). The molecule has 1 aromatic rings. The molecule has 2 N–H and O–H groups in total. The second kappa shape index (κ2) is 11.5. The van der Waals surface area contributed by atoms with E-state index in [1.54, 1.807) is 7.11 Å². The van der Waals surface area contributed by atoms with Crippen LogP contribution < -0.4 is 10.2 Å². The number of nitrogens with one attached hydrogen (secondary N) is 1. The van der Waals surface area contributed by atoms with Crippen LogP contribution in [0.25, 0.3) is 0 Å². The van der Waals surface area contributed by atoms with Gasteiger partial charge >= 0.3 is 0 Å². The zero-order chi connectivity index (χ0) is 21.3. The third-order valence-electron chi connectivity index (χ3n) is 5.51. The first-order chi connectivity index (χ1) is 14.0. The Kier molecular flexibility index (Phi) is 9.40. The number of rotatable bonds is 9. The molecule has 1 heterocycles. The van der Waals surface area contributed by atoms with Crippen molar-refractivity contribution in [3.63, 3.8) is 0 Å². The summed E-state index contributed by atoms with van der Waals surface area (Å²) >= 11 is 0. The van der Waals surface area contributed by atoms with Gasteiger partial charge in [-0.05, 0) is 49.5 Å². The van der Waals surface area contributed by atoms with Crippen molar-refractivity contribution in [2.24, 2.45) is 0 Å². The molecular weight excluding hydrogens is 390 g/mol. The topological polar surface area (TPSA) is 82.1 Å². The molecule has 0 bridgehead atoms. The molecule has 1 fully saturated rings. The van der Waals surface area contributed by atoms with E-state index < -0.39 is 15.4 Å². The fraction of sp³-hybridized carbons (Fsp3) is 0.619. The van der Waals surface area contributed by atoms with Gasteiger partial charge in [-0.15, -0.1) is 0 Å². The first kappa shape index (κ1) is 23.6. The number of hydrogen-bond donors (Lipinski definition) is 2. The van der Waals surface area contributed by atoms with E-state index in [2.05, 4.69) is 30.6 Å². The first-order valence-corrected chi connectivity index (χ1v) is 11.7. The van der Waals surface area contributed by atoms with Gasteiger partial charge in [0.15, 0.2) is 5.37 Å². The van der Waals surface area contributed by atoms with Crippen LogP contribution in [0.3, 0.4) is 0 Å². The summed E-state index contributed by atoms with van der Waals surface area (Å²) in [7, 11) is -2.03. The van der Waals surface area contributed by atoms with Crippen LogP contribution in [0.2, 0.25) is 0 Å². The summed E-state index contributed by atoms with van der Waals surface area (Å²) in [6.45, 7) is 7.38. The van der Waals surface area contributed by atoms with Crippen molar-refractivity contribution < 1.29 is 18.4 Å². The Hall–Kier alpha value is -1.63. The predicted molar refractivity (Wildman–Crippen MR) is 114 cm³/mol. The van der Waals surface area contributed by atoms with Gasteiger partial charge in [0, 0.05) is 19.5 Å². The van der Waals surface area contributed by atoms with Gasteiger partial charge < -0.3 is 9.94 Å². The number of benzene rings is 1. The zero-order valence-corrected chi connectivity index (χ0v) is 18.4. The molecule has 1 unspecified atom stereocenters. The number of hydroxylamine groups is 1. The Balaban J connectivity index is 1.93. The lowest BCUT2D eigenvalue weighted by Gasteiger charge is -2.33. The van der Waals surface area contributed by atoms with E-state index in [0.717, 1.165) is 31.7 Å². The maximum Gasteiger partial charge on any atom is 0.233 e. The van der Waals surface area contributed by atoms with Gasteiger partial charge in [0.1, 0.15) is 5.75 Å². The lowest BCUT2D eigenvalue weighted by Crippen LogP contribution is -2.47. The van der Waals surface area contributed by atoms with E-state index >= 15 is 0 Å². The molecule has 0 aromatic heterocycles. The highest BCUT2D eigenvalue weighted by Gasteiger charge is 2.34. The van der Waals surface area contributed by atoms with Gasteiger partial charge in [-0.1, -0.05) is 37.8 Å². The molecule has 0 amide bonds. The van der Waals surface area contributed by atoms with Crippen molar-refractivity contribution in [3.05, 3.63) is 29.8 Å². The molecule has 1 aliphatic heterocycles. The quantitative estimate of drug-likeness (QED) is 0.468. The van der Waals surface area contributed by atoms with Crippen LogP contribution in [0, 0.1) is 11.8 Å². The SMILES string of the molecule is CCN(CC)CC#CCC(NO)S(=O)(=O)N1CCC(c2ccc(OC)cc2)CC1. The highest BCUT2D eigenvalue weighted by molar-refractivity contribution is 7.89. The standard InChI is InChI=1S/C21H33N3O4S/c1-4-23(5-2)15-7-6-8-21(22-25)29(26,27)24-16-13-19(14-17-24)18-9-11-20(28-3)12-10-18/h9-12,19,21-22,25H,4-5,8,13-17H2,1-3H3. The Morgan fingerprint density at radius 3 is 2.34 bits per heavy atom. The molecular formula is C21H33N3O4S. The predicted octanol–water partition coefficient (Wildman–Crippen LogP) is 2.24. The van der Waals surface area contributed by atoms with Gasteiger partial charge in [0.25, 0.3) is 0 Å². The van der Waals surface area contributed by atoms with E-state index in [-0.39, 0.29) is 6.42 Å². The molecule has 1 atom stereocenters. The van der Waals surface area contributed by atoms with Crippen molar-refractivity contribution >= 4 is 10.0 Å². The summed E-state index contributed by atoms with van der Waals surface area (Å²) in [5.74, 6) is 7.02. The largest absolute Gasteiger partial charge is 0.497 e. The van der Waals surface area contributed by atoms with Crippen molar-refractivity contribution in [3.8, 4) is 17.6 Å². The van der Waals surface area contributed by atoms with E-state index in [1.165, 1.54) is 9.87 Å². The Labute approximate surface area is 175 Å². The van der Waals surface area contributed by atoms with E-state index in [4.69, 9.17) is 4.74 Å². The van der Waals surface area contributed by atoms with Crippen LogP contribution in [0.5, 0.6) is 5.75 Å². The second-order valence-electron chi connectivity index (χ2n) is 7.13. The van der Waals surface area contributed by atoms with E-state index in [9.17, 15) is 13.6 Å². The molecule has 0 spiro atoms. The molecule has 162 valence electrons.